The fourth-order valence-corrected chi connectivity index (χ4v) is 4.72. The molecule has 1 saturated carbocycles. The summed E-state index contributed by atoms with van der Waals surface area (Å²) in [6.45, 7) is 6.67. The zero-order chi connectivity index (χ0) is 20.4. The molecule has 0 unspecified atom stereocenters. The van der Waals surface area contributed by atoms with E-state index in [1.165, 1.54) is 22.5 Å². The summed E-state index contributed by atoms with van der Waals surface area (Å²) in [6, 6.07) is 6.06. The molecule has 0 spiro atoms. The van der Waals surface area contributed by atoms with Crippen molar-refractivity contribution in [1.29, 1.82) is 0 Å². The molecular formula is C20H27N3O4S. The van der Waals surface area contributed by atoms with Crippen LogP contribution in [0.25, 0.3) is 0 Å². The van der Waals surface area contributed by atoms with Crippen LogP contribution in [-0.2, 0) is 14.8 Å². The van der Waals surface area contributed by atoms with Crippen LogP contribution in [-0.4, -0.2) is 49.7 Å². The molecule has 0 bridgehead atoms. The molecule has 2 fully saturated rings. The lowest BCUT2D eigenvalue weighted by Gasteiger charge is -2.39. The van der Waals surface area contributed by atoms with Gasteiger partial charge in [-0.3, -0.25) is 9.59 Å². The number of nitrogens with one attached hydrogen (secondary N) is 2. The molecule has 1 heterocycles. The molecule has 1 aromatic carbocycles. The van der Waals surface area contributed by atoms with Crippen molar-refractivity contribution in [2.24, 2.45) is 5.92 Å². The van der Waals surface area contributed by atoms with E-state index in [2.05, 4.69) is 17.2 Å². The summed E-state index contributed by atoms with van der Waals surface area (Å²) in [6.07, 6.45) is 4.57. The number of benzene rings is 1. The lowest BCUT2D eigenvalue weighted by Crippen LogP contribution is -2.53. The number of nitrogens with zero attached hydrogens (tertiary/aromatic N) is 1. The molecule has 28 heavy (non-hydrogen) atoms. The summed E-state index contributed by atoms with van der Waals surface area (Å²) in [5.74, 6) is 0.154. The summed E-state index contributed by atoms with van der Waals surface area (Å²) >= 11 is 0. The number of carbonyl (C=O) groups excluding carboxylic acids is 2. The van der Waals surface area contributed by atoms with Crippen LogP contribution in [0.1, 0.15) is 43.0 Å². The largest absolute Gasteiger partial charge is 0.352 e. The van der Waals surface area contributed by atoms with Crippen LogP contribution in [0.3, 0.4) is 0 Å². The molecule has 1 aromatic rings. The van der Waals surface area contributed by atoms with Gasteiger partial charge in [0.15, 0.2) is 0 Å². The van der Waals surface area contributed by atoms with Crippen LogP contribution < -0.4 is 10.6 Å². The van der Waals surface area contributed by atoms with Crippen LogP contribution in [0.5, 0.6) is 0 Å². The van der Waals surface area contributed by atoms with Gasteiger partial charge in [0.1, 0.15) is 0 Å². The first-order valence-electron chi connectivity index (χ1n) is 9.56. The monoisotopic (exact) mass is 405 g/mol. The first-order valence-corrected chi connectivity index (χ1v) is 11.0. The Morgan fingerprint density at radius 2 is 1.82 bits per heavy atom. The fourth-order valence-electron chi connectivity index (χ4n) is 3.28. The van der Waals surface area contributed by atoms with Crippen LogP contribution >= 0.6 is 0 Å². The van der Waals surface area contributed by atoms with E-state index < -0.39 is 15.6 Å². The molecule has 2 aliphatic rings. The average Bonchev–Trinajstić information content (AvgIpc) is 3.50. The molecule has 0 atom stereocenters. The van der Waals surface area contributed by atoms with E-state index >= 15 is 0 Å². The number of rotatable bonds is 7. The minimum absolute atomic E-state index is 0.171. The van der Waals surface area contributed by atoms with Gasteiger partial charge in [-0.25, -0.2) is 8.42 Å². The summed E-state index contributed by atoms with van der Waals surface area (Å²) in [5, 5.41) is 5.75. The molecular weight excluding hydrogens is 378 g/mol. The smallest absolute Gasteiger partial charge is 0.251 e. The number of hydrogen-bond acceptors (Lipinski definition) is 4. The topological polar surface area (TPSA) is 95.6 Å². The minimum atomic E-state index is -3.64. The van der Waals surface area contributed by atoms with E-state index in [4.69, 9.17) is 0 Å². The summed E-state index contributed by atoms with van der Waals surface area (Å²) in [5.41, 5.74) is 0.0128. The van der Waals surface area contributed by atoms with Crippen molar-refractivity contribution in [3.8, 4) is 0 Å². The Bertz CT molecular complexity index is 852. The van der Waals surface area contributed by atoms with Crippen molar-refractivity contribution in [3.63, 3.8) is 0 Å². The van der Waals surface area contributed by atoms with E-state index in [1.807, 2.05) is 6.92 Å². The highest BCUT2D eigenvalue weighted by molar-refractivity contribution is 7.89. The second-order valence-electron chi connectivity index (χ2n) is 7.84. The van der Waals surface area contributed by atoms with Gasteiger partial charge in [-0.2, -0.15) is 4.31 Å². The molecule has 8 heteroatoms. The maximum absolute atomic E-state index is 12.9. The number of piperidine rings is 1. The van der Waals surface area contributed by atoms with Gasteiger partial charge in [0.05, 0.1) is 4.90 Å². The summed E-state index contributed by atoms with van der Waals surface area (Å²) in [7, 11) is -3.64. The SMILES string of the molecule is C=CC(=O)NC1(C)CCN(S(=O)(=O)c2ccc(C(=O)NCC3CC3)cc2)CC1. The maximum atomic E-state index is 12.9. The van der Waals surface area contributed by atoms with E-state index in [9.17, 15) is 18.0 Å². The Morgan fingerprint density at radius 3 is 2.36 bits per heavy atom. The standard InChI is InChI=1S/C20H27N3O4S/c1-3-18(24)22-20(2)10-12-23(13-11-20)28(26,27)17-8-6-16(7-9-17)19(25)21-14-15-4-5-15/h3,6-9,15H,1,4-5,10-14H2,2H3,(H,21,25)(H,22,24). The third-order valence-electron chi connectivity index (χ3n) is 5.44. The van der Waals surface area contributed by atoms with E-state index in [0.29, 0.717) is 44.0 Å². The van der Waals surface area contributed by atoms with Gasteiger partial charge >= 0.3 is 0 Å². The quantitative estimate of drug-likeness (QED) is 0.675. The highest BCUT2D eigenvalue weighted by atomic mass is 32.2. The molecule has 7 nitrogen and oxygen atoms in total. The molecule has 1 aliphatic heterocycles. The molecule has 1 saturated heterocycles. The highest BCUT2D eigenvalue weighted by Gasteiger charge is 2.36. The van der Waals surface area contributed by atoms with Crippen molar-refractivity contribution in [1.82, 2.24) is 14.9 Å². The van der Waals surface area contributed by atoms with Gasteiger partial charge in [-0.05, 0) is 68.9 Å². The van der Waals surface area contributed by atoms with Crippen molar-refractivity contribution >= 4 is 21.8 Å². The first kappa shape index (κ1) is 20.5. The van der Waals surface area contributed by atoms with E-state index in [0.717, 1.165) is 12.8 Å². The van der Waals surface area contributed by atoms with Gasteiger partial charge in [0, 0.05) is 30.7 Å². The lowest BCUT2D eigenvalue weighted by molar-refractivity contribution is -0.118. The molecule has 1 aliphatic carbocycles. The van der Waals surface area contributed by atoms with Crippen molar-refractivity contribution in [2.45, 2.75) is 43.0 Å². The van der Waals surface area contributed by atoms with E-state index in [-0.39, 0.29) is 16.7 Å². The molecule has 2 amide bonds. The molecule has 0 aromatic heterocycles. The van der Waals surface area contributed by atoms with Crippen LogP contribution in [0.2, 0.25) is 0 Å². The van der Waals surface area contributed by atoms with Gasteiger partial charge < -0.3 is 10.6 Å². The van der Waals surface area contributed by atoms with Crippen molar-refractivity contribution < 1.29 is 18.0 Å². The number of sulfonamides is 1. The maximum Gasteiger partial charge on any atom is 0.251 e. The minimum Gasteiger partial charge on any atom is -0.352 e. The fraction of sp³-hybridized carbons (Fsp3) is 0.500. The zero-order valence-corrected chi connectivity index (χ0v) is 16.9. The van der Waals surface area contributed by atoms with E-state index in [1.54, 1.807) is 12.1 Å². The second-order valence-corrected chi connectivity index (χ2v) is 9.77. The third-order valence-corrected chi connectivity index (χ3v) is 7.35. The highest BCUT2D eigenvalue weighted by Crippen LogP contribution is 2.28. The van der Waals surface area contributed by atoms with Crippen LogP contribution in [0, 0.1) is 5.92 Å². The Labute approximate surface area is 166 Å². The van der Waals surface area contributed by atoms with Gasteiger partial charge in [0.2, 0.25) is 15.9 Å². The molecule has 3 rings (SSSR count). The third kappa shape index (κ3) is 4.80. The van der Waals surface area contributed by atoms with Crippen molar-refractivity contribution in [2.75, 3.05) is 19.6 Å². The van der Waals surface area contributed by atoms with Crippen LogP contribution in [0.15, 0.2) is 41.8 Å². The summed E-state index contributed by atoms with van der Waals surface area (Å²) in [4.78, 5) is 23.8. The molecule has 2 N–H and O–H groups in total. The average molecular weight is 406 g/mol. The normalized spacial score (nSPS) is 19.6. The van der Waals surface area contributed by atoms with Gasteiger partial charge in [0.25, 0.3) is 5.91 Å². The Balaban J connectivity index is 1.62. The lowest BCUT2D eigenvalue weighted by atomic mass is 9.90. The Morgan fingerprint density at radius 1 is 1.21 bits per heavy atom. The Hall–Kier alpha value is -2.19. The Kier molecular flexibility index (Phi) is 5.90. The van der Waals surface area contributed by atoms with Gasteiger partial charge in [-0.1, -0.05) is 6.58 Å². The van der Waals surface area contributed by atoms with Gasteiger partial charge in [-0.15, -0.1) is 0 Å². The second kappa shape index (κ2) is 8.05. The zero-order valence-electron chi connectivity index (χ0n) is 16.1. The van der Waals surface area contributed by atoms with Crippen molar-refractivity contribution in [3.05, 3.63) is 42.5 Å². The van der Waals surface area contributed by atoms with Crippen LogP contribution in [0.4, 0.5) is 0 Å². The number of amides is 2. The first-order chi connectivity index (χ1) is 13.2. The predicted octanol–water partition coefficient (Wildman–Crippen LogP) is 1.67. The molecule has 0 radical (unpaired) electrons. The summed E-state index contributed by atoms with van der Waals surface area (Å²) < 4.78 is 27.2. The molecule has 152 valence electrons. The number of carbonyl (C=O) groups is 2. The number of hydrogen-bond donors (Lipinski definition) is 2. The predicted molar refractivity (Wildman–Crippen MR) is 106 cm³/mol.